The van der Waals surface area contributed by atoms with Crippen LogP contribution in [0.2, 0.25) is 5.02 Å². The maximum atomic E-state index is 12.7. The van der Waals surface area contributed by atoms with Crippen molar-refractivity contribution in [2.24, 2.45) is 7.05 Å². The Hall–Kier alpha value is -4.03. The van der Waals surface area contributed by atoms with Crippen molar-refractivity contribution in [3.8, 4) is 6.07 Å². The summed E-state index contributed by atoms with van der Waals surface area (Å²) >= 11 is 6.10. The molecule has 1 N–H and O–H groups in total. The maximum Gasteiger partial charge on any atom is 0.273 e. The molecule has 1 saturated carbocycles. The number of rotatable bonds is 5. The number of benzene rings is 2. The van der Waals surface area contributed by atoms with Crippen molar-refractivity contribution in [3.63, 3.8) is 0 Å². The van der Waals surface area contributed by atoms with Crippen LogP contribution in [0.4, 0.5) is 0 Å². The van der Waals surface area contributed by atoms with E-state index in [2.05, 4.69) is 26.7 Å². The smallest absolute Gasteiger partial charge is 0.273 e. The molecule has 1 fully saturated rings. The Balaban J connectivity index is 1.26. The van der Waals surface area contributed by atoms with Gasteiger partial charge in [-0.2, -0.15) is 5.26 Å². The van der Waals surface area contributed by atoms with E-state index in [0.717, 1.165) is 24.0 Å². The topological polar surface area (TPSA) is 118 Å². The molecule has 2 heterocycles. The molecule has 0 aliphatic heterocycles. The molecular weight excluding hydrogens is 466 g/mol. The highest BCUT2D eigenvalue weighted by Gasteiger charge is 2.33. The molecule has 5 rings (SSSR count). The molecule has 2 aromatic heterocycles. The summed E-state index contributed by atoms with van der Waals surface area (Å²) in [6.45, 7) is 1.92. The molecule has 1 aliphatic rings. The molecule has 9 nitrogen and oxygen atoms in total. The predicted octanol–water partition coefficient (Wildman–Crippen LogP) is 3.34. The first-order valence-electron chi connectivity index (χ1n) is 11.2. The van der Waals surface area contributed by atoms with Gasteiger partial charge in [0.1, 0.15) is 0 Å². The number of hydrogen-bond acceptors (Lipinski definition) is 6. The number of fused-ring (bicyclic) bond motifs is 1. The van der Waals surface area contributed by atoms with Gasteiger partial charge >= 0.3 is 0 Å². The molecule has 2 aromatic carbocycles. The standard InChI is InChI=1S/C25H22ClN7O2/c1-14(15-4-6-22-21(9-15)25(35)32(2)13-28-22)33-12-23(30-31-33)24(34)29-19-7-17(8-19)20-10-18(26)5-3-16(20)11-27/h3-6,9-10,12-14,17,19H,7-8H2,1-2H3,(H,29,34)/t14-,17-,19+/m0/s1. The molecule has 0 radical (unpaired) electrons. The van der Waals surface area contributed by atoms with Crippen LogP contribution in [0.15, 0.2) is 53.7 Å². The Labute approximate surface area is 206 Å². The van der Waals surface area contributed by atoms with Gasteiger partial charge in [-0.05, 0) is 67.1 Å². The third-order valence-corrected chi connectivity index (χ3v) is 6.85. The normalized spacial score (nSPS) is 18.0. The Bertz CT molecular complexity index is 1550. The van der Waals surface area contributed by atoms with E-state index < -0.39 is 0 Å². The van der Waals surface area contributed by atoms with Gasteiger partial charge in [-0.3, -0.25) is 9.59 Å². The molecule has 1 aliphatic carbocycles. The number of nitriles is 1. The highest BCUT2D eigenvalue weighted by Crippen LogP contribution is 2.39. The fourth-order valence-corrected chi connectivity index (χ4v) is 4.61. The maximum absolute atomic E-state index is 12.7. The first kappa shape index (κ1) is 22.7. The van der Waals surface area contributed by atoms with Crippen molar-refractivity contribution >= 4 is 28.4 Å². The van der Waals surface area contributed by atoms with Crippen LogP contribution in [0.1, 0.15) is 58.9 Å². The fraction of sp³-hybridized carbons (Fsp3) is 0.280. The van der Waals surface area contributed by atoms with Crippen molar-refractivity contribution in [2.45, 2.75) is 37.8 Å². The van der Waals surface area contributed by atoms with Gasteiger partial charge in [0.2, 0.25) is 0 Å². The van der Waals surface area contributed by atoms with E-state index in [4.69, 9.17) is 11.6 Å². The second-order valence-electron chi connectivity index (χ2n) is 8.88. The summed E-state index contributed by atoms with van der Waals surface area (Å²) in [5.41, 5.74) is 3.12. The minimum Gasteiger partial charge on any atom is -0.348 e. The van der Waals surface area contributed by atoms with Crippen molar-refractivity contribution in [3.05, 3.63) is 86.7 Å². The predicted molar refractivity (Wildman–Crippen MR) is 130 cm³/mol. The molecule has 1 atom stereocenters. The van der Waals surface area contributed by atoms with Gasteiger partial charge in [0, 0.05) is 18.1 Å². The summed E-state index contributed by atoms with van der Waals surface area (Å²) in [4.78, 5) is 29.5. The second-order valence-corrected chi connectivity index (χ2v) is 9.32. The van der Waals surface area contributed by atoms with Gasteiger partial charge in [0.05, 0.1) is 41.1 Å². The third kappa shape index (κ3) is 4.29. The second kappa shape index (κ2) is 8.96. The first-order valence-corrected chi connectivity index (χ1v) is 11.6. The number of carbonyl (C=O) groups is 1. The fourth-order valence-electron chi connectivity index (χ4n) is 4.43. The van der Waals surface area contributed by atoms with E-state index in [9.17, 15) is 14.9 Å². The van der Waals surface area contributed by atoms with Gasteiger partial charge in [-0.25, -0.2) is 9.67 Å². The molecule has 0 saturated heterocycles. The molecule has 10 heteroatoms. The zero-order chi connectivity index (χ0) is 24.7. The Kier molecular flexibility index (Phi) is 5.83. The van der Waals surface area contributed by atoms with Crippen LogP contribution < -0.4 is 10.9 Å². The molecule has 0 bridgehead atoms. The van der Waals surface area contributed by atoms with E-state index in [1.54, 1.807) is 42.2 Å². The van der Waals surface area contributed by atoms with Crippen LogP contribution in [0, 0.1) is 11.3 Å². The molecule has 35 heavy (non-hydrogen) atoms. The number of hydrogen-bond donors (Lipinski definition) is 1. The Morgan fingerprint density at radius 2 is 2.06 bits per heavy atom. The van der Waals surface area contributed by atoms with Gasteiger partial charge in [-0.1, -0.05) is 22.9 Å². The minimum atomic E-state index is -0.296. The van der Waals surface area contributed by atoms with Crippen molar-refractivity contribution in [1.29, 1.82) is 5.26 Å². The van der Waals surface area contributed by atoms with E-state index in [0.29, 0.717) is 21.5 Å². The SMILES string of the molecule is C[C@@H](c1ccc2ncn(C)c(=O)c2c1)n1cc(C(=O)N[C@H]2C[C@@H](c3cc(Cl)ccc3C#N)C2)nn1. The zero-order valence-corrected chi connectivity index (χ0v) is 19.9. The average Bonchev–Trinajstić information content (AvgIpc) is 3.33. The summed E-state index contributed by atoms with van der Waals surface area (Å²) in [6.07, 6.45) is 4.56. The van der Waals surface area contributed by atoms with Gasteiger partial charge in [-0.15, -0.1) is 5.10 Å². The average molecular weight is 488 g/mol. The summed E-state index contributed by atoms with van der Waals surface area (Å²) in [5.74, 6) is -0.116. The Morgan fingerprint density at radius 1 is 1.26 bits per heavy atom. The van der Waals surface area contributed by atoms with E-state index >= 15 is 0 Å². The number of aryl methyl sites for hydroxylation is 1. The van der Waals surface area contributed by atoms with Crippen LogP contribution in [-0.4, -0.2) is 36.5 Å². The van der Waals surface area contributed by atoms with Crippen LogP contribution in [0.3, 0.4) is 0 Å². The van der Waals surface area contributed by atoms with Crippen molar-refractivity contribution < 1.29 is 4.79 Å². The summed E-state index contributed by atoms with van der Waals surface area (Å²) < 4.78 is 3.04. The van der Waals surface area contributed by atoms with Crippen LogP contribution in [0.25, 0.3) is 10.9 Å². The van der Waals surface area contributed by atoms with Crippen molar-refractivity contribution in [2.75, 3.05) is 0 Å². The summed E-state index contributed by atoms with van der Waals surface area (Å²) in [5, 5.41) is 21.6. The lowest BCUT2D eigenvalue weighted by Gasteiger charge is -2.36. The number of aromatic nitrogens is 5. The van der Waals surface area contributed by atoms with Gasteiger partial charge in [0.15, 0.2) is 5.69 Å². The molecule has 1 amide bonds. The lowest BCUT2D eigenvalue weighted by molar-refractivity contribution is 0.0903. The monoisotopic (exact) mass is 487 g/mol. The molecule has 4 aromatic rings. The molecule has 176 valence electrons. The van der Waals surface area contributed by atoms with Crippen molar-refractivity contribution in [1.82, 2.24) is 29.9 Å². The summed E-state index contributed by atoms with van der Waals surface area (Å²) in [6, 6.07) is 12.7. The van der Waals surface area contributed by atoms with Crippen LogP contribution in [0.5, 0.6) is 0 Å². The molecular formula is C25H22ClN7O2. The third-order valence-electron chi connectivity index (χ3n) is 6.61. The highest BCUT2D eigenvalue weighted by molar-refractivity contribution is 6.30. The number of halogens is 1. The largest absolute Gasteiger partial charge is 0.348 e. The first-order chi connectivity index (χ1) is 16.8. The quantitative estimate of drug-likeness (QED) is 0.461. The lowest BCUT2D eigenvalue weighted by atomic mass is 9.74. The van der Waals surface area contributed by atoms with E-state index in [1.165, 1.54) is 10.9 Å². The number of nitrogens with one attached hydrogen (secondary N) is 1. The minimum absolute atomic E-state index is 0.00944. The zero-order valence-electron chi connectivity index (χ0n) is 19.1. The Morgan fingerprint density at radius 3 is 2.83 bits per heavy atom. The van der Waals surface area contributed by atoms with E-state index in [-0.39, 0.29) is 35.2 Å². The van der Waals surface area contributed by atoms with Crippen LogP contribution >= 0.6 is 11.6 Å². The number of amides is 1. The van der Waals surface area contributed by atoms with Crippen LogP contribution in [-0.2, 0) is 7.05 Å². The highest BCUT2D eigenvalue weighted by atomic mass is 35.5. The molecule has 0 spiro atoms. The summed E-state index contributed by atoms with van der Waals surface area (Å²) in [7, 11) is 1.66. The van der Waals surface area contributed by atoms with Gasteiger partial charge in [0.25, 0.3) is 11.5 Å². The number of carbonyl (C=O) groups excluding carboxylic acids is 1. The number of nitrogens with zero attached hydrogens (tertiary/aromatic N) is 6. The molecule has 0 unspecified atom stereocenters. The van der Waals surface area contributed by atoms with E-state index in [1.807, 2.05) is 19.1 Å². The lowest BCUT2D eigenvalue weighted by Crippen LogP contribution is -2.43. The van der Waals surface area contributed by atoms with Gasteiger partial charge < -0.3 is 9.88 Å².